The van der Waals surface area contributed by atoms with E-state index in [2.05, 4.69) is 0 Å². The van der Waals surface area contributed by atoms with Gasteiger partial charge >= 0.3 is 0 Å². The van der Waals surface area contributed by atoms with Gasteiger partial charge < -0.3 is 16.4 Å². The Kier molecular flexibility index (Phi) is 4.16. The van der Waals surface area contributed by atoms with Crippen LogP contribution in [0.4, 0.5) is 0 Å². The molecule has 1 saturated heterocycles. The zero-order valence-electron chi connectivity index (χ0n) is 10.8. The summed E-state index contributed by atoms with van der Waals surface area (Å²) in [4.78, 5) is 25.1. The highest BCUT2D eigenvalue weighted by Gasteiger charge is 2.26. The fraction of sp³-hybridized carbons (Fsp3) is 0.429. The normalized spacial score (nSPS) is 16.4. The molecule has 0 aliphatic carbocycles. The van der Waals surface area contributed by atoms with Crippen LogP contribution in [0.2, 0.25) is 0 Å². The third kappa shape index (κ3) is 3.12. The van der Waals surface area contributed by atoms with E-state index in [1.54, 1.807) is 17.0 Å². The predicted octanol–water partition coefficient (Wildman–Crippen LogP) is 0.483. The van der Waals surface area contributed by atoms with Crippen molar-refractivity contribution in [3.8, 4) is 0 Å². The van der Waals surface area contributed by atoms with Gasteiger partial charge in [0.05, 0.1) is 0 Å². The minimum atomic E-state index is -0.264. The van der Waals surface area contributed by atoms with E-state index in [1.165, 1.54) is 0 Å². The van der Waals surface area contributed by atoms with Crippen LogP contribution < -0.4 is 11.5 Å². The molecular formula is C14H19N3O2. The molecule has 102 valence electrons. The minimum absolute atomic E-state index is 0.00601. The topological polar surface area (TPSA) is 89.4 Å². The van der Waals surface area contributed by atoms with Crippen molar-refractivity contribution in [2.75, 3.05) is 13.1 Å². The van der Waals surface area contributed by atoms with E-state index in [9.17, 15) is 9.59 Å². The van der Waals surface area contributed by atoms with Crippen molar-refractivity contribution in [2.45, 2.75) is 19.4 Å². The fourth-order valence-corrected chi connectivity index (χ4v) is 2.33. The lowest BCUT2D eigenvalue weighted by atomic mass is 9.96. The molecule has 2 amide bonds. The molecule has 0 unspecified atom stereocenters. The second-order valence-corrected chi connectivity index (χ2v) is 4.87. The Morgan fingerprint density at radius 1 is 1.16 bits per heavy atom. The van der Waals surface area contributed by atoms with Crippen LogP contribution in [-0.4, -0.2) is 29.8 Å². The molecule has 0 atom stereocenters. The molecule has 4 N–H and O–H groups in total. The maximum atomic E-state index is 12.3. The number of hydrogen-bond acceptors (Lipinski definition) is 3. The number of amides is 2. The first kappa shape index (κ1) is 13.5. The number of nitrogens with two attached hydrogens (primary N) is 2. The Morgan fingerprint density at radius 3 is 2.21 bits per heavy atom. The van der Waals surface area contributed by atoms with Gasteiger partial charge in [-0.15, -0.1) is 0 Å². The molecule has 5 nitrogen and oxygen atoms in total. The molecule has 0 bridgehead atoms. The van der Waals surface area contributed by atoms with E-state index in [0.29, 0.717) is 38.0 Å². The Labute approximate surface area is 112 Å². The number of nitrogens with zero attached hydrogens (tertiary/aromatic N) is 1. The quantitative estimate of drug-likeness (QED) is 0.829. The van der Waals surface area contributed by atoms with E-state index >= 15 is 0 Å². The first-order chi connectivity index (χ1) is 9.11. The van der Waals surface area contributed by atoms with Crippen molar-refractivity contribution in [1.29, 1.82) is 0 Å². The summed E-state index contributed by atoms with van der Waals surface area (Å²) in [6.07, 6.45) is 1.31. The molecule has 5 heteroatoms. The zero-order chi connectivity index (χ0) is 13.8. The van der Waals surface area contributed by atoms with Crippen molar-refractivity contribution < 1.29 is 9.59 Å². The first-order valence-corrected chi connectivity index (χ1v) is 6.49. The Bertz CT molecular complexity index is 462. The maximum absolute atomic E-state index is 12.3. The molecular weight excluding hydrogens is 242 g/mol. The summed E-state index contributed by atoms with van der Waals surface area (Å²) < 4.78 is 0. The molecule has 0 saturated carbocycles. The summed E-state index contributed by atoms with van der Waals surface area (Å²) in [5, 5.41) is 0. The third-order valence-corrected chi connectivity index (χ3v) is 3.62. The van der Waals surface area contributed by atoms with Gasteiger partial charge in [0.15, 0.2) is 0 Å². The summed E-state index contributed by atoms with van der Waals surface area (Å²) in [6, 6.07) is 7.32. The van der Waals surface area contributed by atoms with Gasteiger partial charge in [-0.2, -0.15) is 0 Å². The average Bonchev–Trinajstić information content (AvgIpc) is 2.46. The third-order valence-electron chi connectivity index (χ3n) is 3.62. The van der Waals surface area contributed by atoms with Crippen LogP contribution in [-0.2, 0) is 11.3 Å². The van der Waals surface area contributed by atoms with Crippen molar-refractivity contribution >= 4 is 11.8 Å². The van der Waals surface area contributed by atoms with Gasteiger partial charge in [0.1, 0.15) is 0 Å². The first-order valence-electron chi connectivity index (χ1n) is 6.49. The highest BCUT2D eigenvalue weighted by atomic mass is 16.2. The number of primary amides is 1. The van der Waals surface area contributed by atoms with Crippen LogP contribution in [0.3, 0.4) is 0 Å². The second kappa shape index (κ2) is 5.84. The van der Waals surface area contributed by atoms with Gasteiger partial charge in [-0.3, -0.25) is 9.59 Å². The van der Waals surface area contributed by atoms with Crippen LogP contribution in [0.1, 0.15) is 28.8 Å². The largest absolute Gasteiger partial charge is 0.369 e. The molecule has 1 aliphatic heterocycles. The number of carbonyl (C=O) groups is 2. The SMILES string of the molecule is NCc1ccc(C(=O)N2CCC(C(N)=O)CC2)cc1. The standard InChI is InChI=1S/C14H19N3O2/c15-9-10-1-3-12(4-2-10)14(19)17-7-5-11(6-8-17)13(16)18/h1-4,11H,5-9,15H2,(H2,16,18). The average molecular weight is 261 g/mol. The van der Waals surface area contributed by atoms with Crippen molar-refractivity contribution in [1.82, 2.24) is 4.90 Å². The van der Waals surface area contributed by atoms with E-state index in [-0.39, 0.29) is 17.7 Å². The van der Waals surface area contributed by atoms with Crippen molar-refractivity contribution in [3.63, 3.8) is 0 Å². The van der Waals surface area contributed by atoms with Gasteiger partial charge in [-0.05, 0) is 30.5 Å². The van der Waals surface area contributed by atoms with Crippen LogP contribution in [0.25, 0.3) is 0 Å². The predicted molar refractivity (Wildman–Crippen MR) is 72.2 cm³/mol. The van der Waals surface area contributed by atoms with Crippen LogP contribution in [0.15, 0.2) is 24.3 Å². The van der Waals surface area contributed by atoms with Crippen molar-refractivity contribution in [3.05, 3.63) is 35.4 Å². The lowest BCUT2D eigenvalue weighted by molar-refractivity contribution is -0.123. The maximum Gasteiger partial charge on any atom is 0.253 e. The molecule has 1 aliphatic rings. The number of likely N-dealkylation sites (tertiary alicyclic amines) is 1. The zero-order valence-corrected chi connectivity index (χ0v) is 10.8. The summed E-state index contributed by atoms with van der Waals surface area (Å²) >= 11 is 0. The molecule has 0 radical (unpaired) electrons. The Hall–Kier alpha value is -1.88. The molecule has 0 aromatic heterocycles. The van der Waals surface area contributed by atoms with Crippen LogP contribution in [0, 0.1) is 5.92 Å². The van der Waals surface area contributed by atoms with E-state index in [0.717, 1.165) is 5.56 Å². The monoisotopic (exact) mass is 261 g/mol. The number of piperidine rings is 1. The Morgan fingerprint density at radius 2 is 1.74 bits per heavy atom. The molecule has 1 aromatic rings. The van der Waals surface area contributed by atoms with Crippen molar-refractivity contribution in [2.24, 2.45) is 17.4 Å². The fourth-order valence-electron chi connectivity index (χ4n) is 2.33. The Balaban J connectivity index is 1.98. The van der Waals surface area contributed by atoms with E-state index in [1.807, 2.05) is 12.1 Å². The summed E-state index contributed by atoms with van der Waals surface area (Å²) in [6.45, 7) is 1.65. The van der Waals surface area contributed by atoms with E-state index < -0.39 is 0 Å². The highest BCUT2D eigenvalue weighted by molar-refractivity contribution is 5.94. The number of benzene rings is 1. The lowest BCUT2D eigenvalue weighted by Crippen LogP contribution is -2.41. The summed E-state index contributed by atoms with van der Waals surface area (Å²) in [5.41, 5.74) is 12.5. The number of rotatable bonds is 3. The molecule has 0 spiro atoms. The molecule has 1 fully saturated rings. The van der Waals surface area contributed by atoms with Gasteiger partial charge in [-0.1, -0.05) is 12.1 Å². The highest BCUT2D eigenvalue weighted by Crippen LogP contribution is 2.18. The van der Waals surface area contributed by atoms with Crippen LogP contribution >= 0.6 is 0 Å². The molecule has 2 rings (SSSR count). The summed E-state index contributed by atoms with van der Waals surface area (Å²) in [5.74, 6) is -0.352. The number of carbonyl (C=O) groups excluding carboxylic acids is 2. The van der Waals surface area contributed by atoms with Gasteiger partial charge in [-0.25, -0.2) is 0 Å². The smallest absolute Gasteiger partial charge is 0.253 e. The van der Waals surface area contributed by atoms with E-state index in [4.69, 9.17) is 11.5 Å². The lowest BCUT2D eigenvalue weighted by Gasteiger charge is -2.30. The molecule has 19 heavy (non-hydrogen) atoms. The number of hydrogen-bond donors (Lipinski definition) is 2. The second-order valence-electron chi connectivity index (χ2n) is 4.87. The van der Waals surface area contributed by atoms with Gasteiger partial charge in [0, 0.05) is 31.1 Å². The minimum Gasteiger partial charge on any atom is -0.369 e. The molecule has 1 aromatic carbocycles. The van der Waals surface area contributed by atoms with Crippen LogP contribution in [0.5, 0.6) is 0 Å². The molecule has 1 heterocycles. The van der Waals surface area contributed by atoms with Gasteiger partial charge in [0.25, 0.3) is 5.91 Å². The summed E-state index contributed by atoms with van der Waals surface area (Å²) in [7, 11) is 0. The van der Waals surface area contributed by atoms with Gasteiger partial charge in [0.2, 0.25) is 5.91 Å².